The molecule has 106 valence electrons. The summed E-state index contributed by atoms with van der Waals surface area (Å²) in [4.78, 5) is 30.0. The Kier molecular flexibility index (Phi) is 2.75. The van der Waals surface area contributed by atoms with Crippen molar-refractivity contribution < 1.29 is 9.59 Å². The molecule has 0 radical (unpaired) electrons. The molecule has 0 saturated heterocycles. The van der Waals surface area contributed by atoms with Crippen LogP contribution in [0, 0.1) is 0 Å². The number of Topliss-reactive ketones (excluding diaryl/α,β-unsaturated/α-hetero) is 1. The minimum absolute atomic E-state index is 0.385. The zero-order chi connectivity index (χ0) is 14.6. The van der Waals surface area contributed by atoms with Crippen molar-refractivity contribution in [2.24, 2.45) is 0 Å². The number of anilines is 1. The van der Waals surface area contributed by atoms with E-state index in [1.54, 1.807) is 29.6 Å². The second-order valence-corrected chi connectivity index (χ2v) is 6.32. The lowest BCUT2D eigenvalue weighted by Gasteiger charge is -2.17. The van der Waals surface area contributed by atoms with E-state index >= 15 is 0 Å². The number of ketones is 1. The van der Waals surface area contributed by atoms with Crippen molar-refractivity contribution in [3.8, 4) is 0 Å². The van der Waals surface area contributed by atoms with Crippen LogP contribution >= 0.6 is 15.9 Å². The number of amides is 1. The predicted octanol–water partition coefficient (Wildman–Crippen LogP) is 2.71. The van der Waals surface area contributed by atoms with Crippen molar-refractivity contribution in [1.29, 1.82) is 0 Å². The number of imidazole rings is 1. The van der Waals surface area contributed by atoms with Crippen LogP contribution in [0.25, 0.3) is 0 Å². The van der Waals surface area contributed by atoms with Gasteiger partial charge in [-0.2, -0.15) is 0 Å². The second-order valence-electron chi connectivity index (χ2n) is 5.41. The van der Waals surface area contributed by atoms with Crippen LogP contribution in [0.15, 0.2) is 35.2 Å². The van der Waals surface area contributed by atoms with Gasteiger partial charge in [-0.05, 0) is 31.0 Å². The molecule has 1 aliphatic heterocycles. The van der Waals surface area contributed by atoms with Crippen molar-refractivity contribution in [2.45, 2.75) is 25.4 Å². The third-order valence-electron chi connectivity index (χ3n) is 3.94. The molecular weight excluding hydrogens is 334 g/mol. The molecular formula is C15H12BrN3O2. The molecule has 0 bridgehead atoms. The standard InChI is InChI=1S/C15H12BrN3O2/c16-9-1-4-13-12(5-9)14(20)15(21)18(13)7-11-6-17-8-19(11)10-2-3-10/h1,4-6,8,10H,2-3,7H2. The molecule has 6 heteroatoms. The minimum atomic E-state index is -0.466. The van der Waals surface area contributed by atoms with Gasteiger partial charge < -0.3 is 4.57 Å². The molecule has 1 aliphatic carbocycles. The van der Waals surface area contributed by atoms with Crippen LogP contribution in [-0.2, 0) is 11.3 Å². The fraction of sp³-hybridized carbons (Fsp3) is 0.267. The highest BCUT2D eigenvalue weighted by atomic mass is 79.9. The molecule has 5 nitrogen and oxygen atoms in total. The molecule has 2 aliphatic rings. The van der Waals surface area contributed by atoms with E-state index in [0.717, 1.165) is 23.0 Å². The van der Waals surface area contributed by atoms with Gasteiger partial charge in [0.1, 0.15) is 0 Å². The quantitative estimate of drug-likeness (QED) is 0.803. The van der Waals surface area contributed by atoms with Crippen molar-refractivity contribution in [2.75, 3.05) is 4.90 Å². The molecule has 0 spiro atoms. The zero-order valence-electron chi connectivity index (χ0n) is 11.1. The zero-order valence-corrected chi connectivity index (χ0v) is 12.7. The van der Waals surface area contributed by atoms with Crippen LogP contribution in [0.4, 0.5) is 5.69 Å². The van der Waals surface area contributed by atoms with E-state index in [0.29, 0.717) is 23.8 Å². The average molecular weight is 346 g/mol. The summed E-state index contributed by atoms with van der Waals surface area (Å²) in [6, 6.07) is 5.85. The summed E-state index contributed by atoms with van der Waals surface area (Å²) >= 11 is 3.34. The van der Waals surface area contributed by atoms with Gasteiger partial charge in [0.05, 0.1) is 29.8 Å². The lowest BCUT2D eigenvalue weighted by molar-refractivity contribution is -0.114. The molecule has 21 heavy (non-hydrogen) atoms. The summed E-state index contributed by atoms with van der Waals surface area (Å²) < 4.78 is 2.90. The van der Waals surface area contributed by atoms with E-state index in [9.17, 15) is 9.59 Å². The maximum Gasteiger partial charge on any atom is 0.299 e. The fourth-order valence-corrected chi connectivity index (χ4v) is 3.09. The van der Waals surface area contributed by atoms with Gasteiger partial charge in [0, 0.05) is 16.7 Å². The fourth-order valence-electron chi connectivity index (χ4n) is 2.73. The summed E-state index contributed by atoms with van der Waals surface area (Å²) in [6.07, 6.45) is 5.88. The number of halogens is 1. The lowest BCUT2D eigenvalue weighted by Crippen LogP contribution is -2.30. The van der Waals surface area contributed by atoms with Crippen LogP contribution in [0.3, 0.4) is 0 Å². The van der Waals surface area contributed by atoms with Gasteiger partial charge in [0.25, 0.3) is 11.7 Å². The van der Waals surface area contributed by atoms with E-state index in [2.05, 4.69) is 25.5 Å². The number of nitrogens with zero attached hydrogens (tertiary/aromatic N) is 3. The highest BCUT2D eigenvalue weighted by Crippen LogP contribution is 2.37. The number of benzene rings is 1. The van der Waals surface area contributed by atoms with Crippen LogP contribution < -0.4 is 4.90 Å². The van der Waals surface area contributed by atoms with E-state index in [-0.39, 0.29) is 0 Å². The Morgan fingerprint density at radius 3 is 2.86 bits per heavy atom. The Labute approximate surface area is 129 Å². The molecule has 2 heterocycles. The topological polar surface area (TPSA) is 55.2 Å². The van der Waals surface area contributed by atoms with Crippen molar-refractivity contribution in [1.82, 2.24) is 9.55 Å². The van der Waals surface area contributed by atoms with E-state index in [1.165, 1.54) is 0 Å². The molecule has 1 aromatic carbocycles. The van der Waals surface area contributed by atoms with Crippen LogP contribution in [0.5, 0.6) is 0 Å². The summed E-state index contributed by atoms with van der Waals surface area (Å²) in [5.74, 6) is -0.907. The summed E-state index contributed by atoms with van der Waals surface area (Å²) in [5, 5.41) is 0. The molecule has 2 aromatic rings. The average Bonchev–Trinajstić information content (AvgIpc) is 3.18. The first-order valence-electron chi connectivity index (χ1n) is 6.81. The number of hydrogen-bond acceptors (Lipinski definition) is 3. The molecule has 4 rings (SSSR count). The molecule has 1 saturated carbocycles. The monoisotopic (exact) mass is 345 g/mol. The summed E-state index contributed by atoms with van der Waals surface area (Å²) in [5.41, 5.74) is 2.11. The van der Waals surface area contributed by atoms with Gasteiger partial charge in [-0.1, -0.05) is 15.9 Å². The van der Waals surface area contributed by atoms with Crippen molar-refractivity contribution in [3.63, 3.8) is 0 Å². The number of fused-ring (bicyclic) bond motifs is 1. The number of carbonyl (C=O) groups excluding carboxylic acids is 2. The van der Waals surface area contributed by atoms with Crippen LogP contribution in [0.1, 0.15) is 34.9 Å². The van der Waals surface area contributed by atoms with Crippen LogP contribution in [-0.4, -0.2) is 21.2 Å². The Hall–Kier alpha value is -1.95. The molecule has 1 amide bonds. The maximum absolute atomic E-state index is 12.2. The number of rotatable bonds is 3. The normalized spacial score (nSPS) is 17.5. The van der Waals surface area contributed by atoms with Crippen molar-refractivity contribution in [3.05, 3.63) is 46.5 Å². The SMILES string of the molecule is O=C1C(=O)N(Cc2cncn2C2CC2)c2ccc(Br)cc21. The Balaban J connectivity index is 1.71. The summed E-state index contributed by atoms with van der Waals surface area (Å²) in [6.45, 7) is 0.385. The summed E-state index contributed by atoms with van der Waals surface area (Å²) in [7, 11) is 0. The highest BCUT2D eigenvalue weighted by molar-refractivity contribution is 9.10. The third kappa shape index (κ3) is 2.01. The van der Waals surface area contributed by atoms with Gasteiger partial charge in [-0.25, -0.2) is 4.98 Å². The molecule has 0 N–H and O–H groups in total. The van der Waals surface area contributed by atoms with Gasteiger partial charge >= 0.3 is 0 Å². The predicted molar refractivity (Wildman–Crippen MR) is 80.2 cm³/mol. The van der Waals surface area contributed by atoms with Crippen molar-refractivity contribution >= 4 is 33.3 Å². The third-order valence-corrected chi connectivity index (χ3v) is 4.43. The van der Waals surface area contributed by atoms with Crippen LogP contribution in [0.2, 0.25) is 0 Å². The van der Waals surface area contributed by atoms with E-state index in [4.69, 9.17) is 0 Å². The van der Waals surface area contributed by atoms with Gasteiger partial charge in [-0.3, -0.25) is 14.5 Å². The molecule has 0 unspecified atom stereocenters. The lowest BCUT2D eigenvalue weighted by atomic mass is 10.1. The van der Waals surface area contributed by atoms with Gasteiger partial charge in [-0.15, -0.1) is 0 Å². The Morgan fingerprint density at radius 1 is 1.29 bits per heavy atom. The van der Waals surface area contributed by atoms with E-state index in [1.807, 2.05) is 6.07 Å². The number of carbonyl (C=O) groups is 2. The second kappa shape index (κ2) is 4.53. The molecule has 1 aromatic heterocycles. The van der Waals surface area contributed by atoms with Gasteiger partial charge in [0.2, 0.25) is 0 Å². The Morgan fingerprint density at radius 2 is 2.10 bits per heavy atom. The Bertz CT molecular complexity index is 764. The maximum atomic E-state index is 12.2. The molecule has 1 fully saturated rings. The first-order valence-corrected chi connectivity index (χ1v) is 7.61. The number of aromatic nitrogens is 2. The smallest absolute Gasteiger partial charge is 0.299 e. The van der Waals surface area contributed by atoms with Gasteiger partial charge in [0.15, 0.2) is 0 Å². The largest absolute Gasteiger partial charge is 0.330 e. The van der Waals surface area contributed by atoms with E-state index < -0.39 is 11.7 Å². The highest BCUT2D eigenvalue weighted by Gasteiger charge is 2.37. The molecule has 0 atom stereocenters. The first-order chi connectivity index (χ1) is 10.1. The minimum Gasteiger partial charge on any atom is -0.330 e. The number of hydrogen-bond donors (Lipinski definition) is 0. The first kappa shape index (κ1) is 12.8.